The molecule has 1 aromatic carbocycles. The molecule has 94 valence electrons. The molecule has 2 unspecified atom stereocenters. The van der Waals surface area contributed by atoms with Crippen LogP contribution < -0.4 is 10.1 Å². The maximum atomic E-state index is 5.72. The highest BCUT2D eigenvalue weighted by atomic mass is 16.5. The summed E-state index contributed by atoms with van der Waals surface area (Å²) < 4.78 is 5.72. The fourth-order valence-electron chi connectivity index (χ4n) is 2.84. The van der Waals surface area contributed by atoms with Crippen molar-refractivity contribution >= 4 is 0 Å². The minimum atomic E-state index is 0.668. The minimum absolute atomic E-state index is 0.668. The van der Waals surface area contributed by atoms with E-state index in [0.717, 1.165) is 18.9 Å². The van der Waals surface area contributed by atoms with Crippen molar-refractivity contribution in [3.8, 4) is 5.75 Å². The maximum Gasteiger partial charge on any atom is 0.122 e. The van der Waals surface area contributed by atoms with E-state index in [1.165, 1.54) is 24.8 Å². The van der Waals surface area contributed by atoms with Crippen LogP contribution in [0.2, 0.25) is 0 Å². The first-order chi connectivity index (χ1) is 8.35. The normalized spacial score (nSPS) is 23.9. The first-order valence-electron chi connectivity index (χ1n) is 6.80. The smallest absolute Gasteiger partial charge is 0.122 e. The largest absolute Gasteiger partial charge is 0.494 e. The zero-order valence-corrected chi connectivity index (χ0v) is 10.9. The van der Waals surface area contributed by atoms with Gasteiger partial charge in [0.05, 0.1) is 6.61 Å². The van der Waals surface area contributed by atoms with Crippen molar-refractivity contribution in [1.29, 1.82) is 0 Å². The molecule has 2 heteroatoms. The van der Waals surface area contributed by atoms with Crippen molar-refractivity contribution < 1.29 is 4.74 Å². The Morgan fingerprint density at radius 3 is 2.82 bits per heavy atom. The van der Waals surface area contributed by atoms with Crippen LogP contribution in [0.3, 0.4) is 0 Å². The van der Waals surface area contributed by atoms with E-state index in [4.69, 9.17) is 4.74 Å². The third-order valence-electron chi connectivity index (χ3n) is 3.58. The number of hydrogen-bond acceptors (Lipinski definition) is 2. The van der Waals surface area contributed by atoms with E-state index in [1.54, 1.807) is 0 Å². The van der Waals surface area contributed by atoms with Crippen LogP contribution in [0.5, 0.6) is 5.75 Å². The second-order valence-electron chi connectivity index (χ2n) is 4.74. The monoisotopic (exact) mass is 233 g/mol. The topological polar surface area (TPSA) is 21.3 Å². The van der Waals surface area contributed by atoms with Crippen LogP contribution in [0.15, 0.2) is 24.3 Å². The molecule has 1 aromatic rings. The molecule has 1 aliphatic carbocycles. The van der Waals surface area contributed by atoms with Gasteiger partial charge in [-0.05, 0) is 50.3 Å². The Morgan fingerprint density at radius 1 is 1.24 bits per heavy atom. The van der Waals surface area contributed by atoms with E-state index < -0.39 is 0 Å². The first kappa shape index (κ1) is 12.4. The standard InChI is InChI=1S/C15H23NO/c1-3-16-13-10-9-12(11-13)14-7-5-6-8-15(14)17-4-2/h5-8,12-13,16H,3-4,9-11H2,1-2H3. The zero-order chi connectivity index (χ0) is 12.1. The van der Waals surface area contributed by atoms with Crippen molar-refractivity contribution in [1.82, 2.24) is 5.32 Å². The van der Waals surface area contributed by atoms with Gasteiger partial charge in [-0.2, -0.15) is 0 Å². The third kappa shape index (κ3) is 3.01. The van der Waals surface area contributed by atoms with Gasteiger partial charge in [0.25, 0.3) is 0 Å². The second kappa shape index (κ2) is 6.06. The van der Waals surface area contributed by atoms with E-state index in [-0.39, 0.29) is 0 Å². The number of rotatable bonds is 5. The van der Waals surface area contributed by atoms with Crippen LogP contribution in [0.4, 0.5) is 0 Å². The van der Waals surface area contributed by atoms with E-state index in [1.807, 2.05) is 6.92 Å². The summed E-state index contributed by atoms with van der Waals surface area (Å²) in [4.78, 5) is 0. The molecule has 0 amide bonds. The van der Waals surface area contributed by atoms with Gasteiger partial charge in [-0.15, -0.1) is 0 Å². The van der Waals surface area contributed by atoms with E-state index in [2.05, 4.69) is 36.5 Å². The third-order valence-corrected chi connectivity index (χ3v) is 3.58. The van der Waals surface area contributed by atoms with Gasteiger partial charge in [-0.3, -0.25) is 0 Å². The van der Waals surface area contributed by atoms with Gasteiger partial charge in [-0.25, -0.2) is 0 Å². The SMILES string of the molecule is CCNC1CCC(c2ccccc2OCC)C1. The summed E-state index contributed by atoms with van der Waals surface area (Å²) in [5.74, 6) is 1.75. The summed E-state index contributed by atoms with van der Waals surface area (Å²) in [6, 6.07) is 9.20. The first-order valence-corrected chi connectivity index (χ1v) is 6.80. The number of ether oxygens (including phenoxy) is 1. The fraction of sp³-hybridized carbons (Fsp3) is 0.600. The summed E-state index contributed by atoms with van der Waals surface area (Å²) >= 11 is 0. The van der Waals surface area contributed by atoms with Gasteiger partial charge in [0.15, 0.2) is 0 Å². The number of nitrogens with one attached hydrogen (secondary N) is 1. The summed E-state index contributed by atoms with van der Waals surface area (Å²) in [5.41, 5.74) is 1.40. The highest BCUT2D eigenvalue weighted by Gasteiger charge is 2.26. The van der Waals surface area contributed by atoms with Gasteiger partial charge in [-0.1, -0.05) is 25.1 Å². The molecule has 17 heavy (non-hydrogen) atoms. The Balaban J connectivity index is 2.07. The second-order valence-corrected chi connectivity index (χ2v) is 4.74. The Morgan fingerprint density at radius 2 is 2.06 bits per heavy atom. The highest BCUT2D eigenvalue weighted by molar-refractivity contribution is 5.37. The molecule has 0 radical (unpaired) electrons. The lowest BCUT2D eigenvalue weighted by atomic mass is 9.96. The average Bonchev–Trinajstić information content (AvgIpc) is 2.79. The average molecular weight is 233 g/mol. The summed E-state index contributed by atoms with van der Waals surface area (Å²) in [5, 5.41) is 3.55. The maximum absolute atomic E-state index is 5.72. The van der Waals surface area contributed by atoms with Crippen LogP contribution in [0.1, 0.15) is 44.6 Å². The zero-order valence-electron chi connectivity index (χ0n) is 10.9. The molecule has 1 saturated carbocycles. The number of para-hydroxylation sites is 1. The molecule has 1 aliphatic rings. The lowest BCUT2D eigenvalue weighted by Gasteiger charge is -2.16. The van der Waals surface area contributed by atoms with Crippen LogP contribution in [-0.2, 0) is 0 Å². The fourth-order valence-corrected chi connectivity index (χ4v) is 2.84. The molecule has 1 fully saturated rings. The van der Waals surface area contributed by atoms with Gasteiger partial charge >= 0.3 is 0 Å². The van der Waals surface area contributed by atoms with E-state index in [9.17, 15) is 0 Å². The molecular formula is C15H23NO. The van der Waals surface area contributed by atoms with Gasteiger partial charge < -0.3 is 10.1 Å². The van der Waals surface area contributed by atoms with Crippen molar-refractivity contribution in [2.45, 2.75) is 45.1 Å². The lowest BCUT2D eigenvalue weighted by Crippen LogP contribution is -2.25. The summed E-state index contributed by atoms with van der Waals surface area (Å²) in [7, 11) is 0. The Labute approximate surface area is 104 Å². The molecule has 2 atom stereocenters. The van der Waals surface area contributed by atoms with Crippen molar-refractivity contribution in [2.24, 2.45) is 0 Å². The van der Waals surface area contributed by atoms with Crippen molar-refractivity contribution in [2.75, 3.05) is 13.2 Å². The minimum Gasteiger partial charge on any atom is -0.494 e. The van der Waals surface area contributed by atoms with Crippen molar-refractivity contribution in [3.63, 3.8) is 0 Å². The van der Waals surface area contributed by atoms with Crippen molar-refractivity contribution in [3.05, 3.63) is 29.8 Å². The Bertz CT molecular complexity index is 351. The molecule has 2 rings (SSSR count). The number of benzene rings is 1. The number of hydrogen-bond donors (Lipinski definition) is 1. The lowest BCUT2D eigenvalue weighted by molar-refractivity contribution is 0.334. The molecule has 0 spiro atoms. The molecule has 0 saturated heterocycles. The van der Waals surface area contributed by atoms with Gasteiger partial charge in [0, 0.05) is 6.04 Å². The summed E-state index contributed by atoms with van der Waals surface area (Å²) in [6.45, 7) is 6.05. The molecule has 0 aliphatic heterocycles. The summed E-state index contributed by atoms with van der Waals surface area (Å²) in [6.07, 6.45) is 3.82. The highest BCUT2D eigenvalue weighted by Crippen LogP contribution is 2.38. The molecule has 0 heterocycles. The van der Waals surface area contributed by atoms with Crippen LogP contribution in [0, 0.1) is 0 Å². The molecule has 1 N–H and O–H groups in total. The van der Waals surface area contributed by atoms with E-state index in [0.29, 0.717) is 12.0 Å². The quantitative estimate of drug-likeness (QED) is 0.842. The predicted molar refractivity (Wildman–Crippen MR) is 71.7 cm³/mol. The van der Waals surface area contributed by atoms with Crippen LogP contribution >= 0.6 is 0 Å². The molecule has 2 nitrogen and oxygen atoms in total. The van der Waals surface area contributed by atoms with E-state index >= 15 is 0 Å². The molecule has 0 aromatic heterocycles. The Hall–Kier alpha value is -1.02. The van der Waals surface area contributed by atoms with Gasteiger partial charge in [0.2, 0.25) is 0 Å². The van der Waals surface area contributed by atoms with Gasteiger partial charge in [0.1, 0.15) is 5.75 Å². The molecular weight excluding hydrogens is 210 g/mol. The van der Waals surface area contributed by atoms with Crippen LogP contribution in [0.25, 0.3) is 0 Å². The Kier molecular flexibility index (Phi) is 4.43. The molecule has 0 bridgehead atoms. The predicted octanol–water partition coefficient (Wildman–Crippen LogP) is 3.33. The van der Waals surface area contributed by atoms with Crippen LogP contribution in [-0.4, -0.2) is 19.2 Å².